The molecule has 2 unspecified atom stereocenters. The van der Waals surface area contributed by atoms with Crippen LogP contribution in [-0.4, -0.2) is 55.8 Å². The molecule has 1 N–H and O–H groups in total. The van der Waals surface area contributed by atoms with Gasteiger partial charge < -0.3 is 15.0 Å². The molecule has 0 aromatic carbocycles. The van der Waals surface area contributed by atoms with Gasteiger partial charge in [-0.25, -0.2) is 0 Å². The third-order valence-corrected chi connectivity index (χ3v) is 4.23. The molecule has 0 radical (unpaired) electrons. The number of rotatable bonds is 9. The summed E-state index contributed by atoms with van der Waals surface area (Å²) in [6.07, 6.45) is 7.21. The number of likely N-dealkylation sites (N-methyl/N-ethyl adjacent to an activating group) is 1. The standard InChI is InChI=1S/C17H29N3O/c1-3-8-19-17(16-7-12-21-14-16)13-20(2)11-6-15-4-9-18-10-5-15/h4-5,9-10,16-17,19H,3,6-8,11-14H2,1-2H3. The Hall–Kier alpha value is -0.970. The molecule has 0 amide bonds. The molecule has 0 saturated carbocycles. The zero-order valence-electron chi connectivity index (χ0n) is 13.4. The van der Waals surface area contributed by atoms with Crippen LogP contribution < -0.4 is 5.32 Å². The minimum atomic E-state index is 0.551. The molecule has 1 aromatic rings. The van der Waals surface area contributed by atoms with Crippen molar-refractivity contribution in [2.24, 2.45) is 5.92 Å². The minimum absolute atomic E-state index is 0.551. The summed E-state index contributed by atoms with van der Waals surface area (Å²) in [4.78, 5) is 6.51. The summed E-state index contributed by atoms with van der Waals surface area (Å²) < 4.78 is 5.56. The maximum atomic E-state index is 5.56. The summed E-state index contributed by atoms with van der Waals surface area (Å²) in [6.45, 7) is 7.35. The molecule has 1 aliphatic rings. The molecular formula is C17H29N3O. The van der Waals surface area contributed by atoms with Crippen LogP contribution in [0.3, 0.4) is 0 Å². The summed E-state index contributed by atoms with van der Waals surface area (Å²) in [5.74, 6) is 0.667. The maximum Gasteiger partial charge on any atom is 0.0510 e. The van der Waals surface area contributed by atoms with E-state index in [0.29, 0.717) is 12.0 Å². The molecule has 1 saturated heterocycles. The van der Waals surface area contributed by atoms with Gasteiger partial charge in [-0.1, -0.05) is 6.92 Å². The molecule has 2 rings (SSSR count). The van der Waals surface area contributed by atoms with Crippen molar-refractivity contribution >= 4 is 0 Å². The normalized spacial score (nSPS) is 20.0. The van der Waals surface area contributed by atoms with Gasteiger partial charge in [-0.2, -0.15) is 0 Å². The first-order valence-corrected chi connectivity index (χ1v) is 8.18. The number of pyridine rings is 1. The fourth-order valence-electron chi connectivity index (χ4n) is 2.88. The average Bonchev–Trinajstić information content (AvgIpc) is 3.04. The predicted molar refractivity (Wildman–Crippen MR) is 86.4 cm³/mol. The van der Waals surface area contributed by atoms with Crippen LogP contribution in [-0.2, 0) is 11.2 Å². The number of nitrogens with zero attached hydrogens (tertiary/aromatic N) is 2. The molecule has 2 atom stereocenters. The van der Waals surface area contributed by atoms with Crippen molar-refractivity contribution in [1.82, 2.24) is 15.2 Å². The van der Waals surface area contributed by atoms with E-state index in [1.807, 2.05) is 12.4 Å². The van der Waals surface area contributed by atoms with Gasteiger partial charge in [-0.05, 0) is 50.6 Å². The Morgan fingerprint density at radius 3 is 2.90 bits per heavy atom. The van der Waals surface area contributed by atoms with Crippen LogP contribution in [0.25, 0.3) is 0 Å². The Morgan fingerprint density at radius 1 is 1.43 bits per heavy atom. The van der Waals surface area contributed by atoms with E-state index in [0.717, 1.165) is 39.3 Å². The van der Waals surface area contributed by atoms with Crippen LogP contribution in [0.1, 0.15) is 25.3 Å². The first kappa shape index (κ1) is 16.4. The molecule has 0 bridgehead atoms. The maximum absolute atomic E-state index is 5.56. The Balaban J connectivity index is 1.78. The number of aromatic nitrogens is 1. The van der Waals surface area contributed by atoms with Crippen LogP contribution >= 0.6 is 0 Å². The van der Waals surface area contributed by atoms with Gasteiger partial charge in [-0.15, -0.1) is 0 Å². The SMILES string of the molecule is CCCNC(CN(C)CCc1ccncc1)C1CCOC1. The molecule has 0 spiro atoms. The number of hydrogen-bond acceptors (Lipinski definition) is 4. The summed E-state index contributed by atoms with van der Waals surface area (Å²) >= 11 is 0. The molecule has 1 aromatic heterocycles. The van der Waals surface area contributed by atoms with Gasteiger partial charge in [0.05, 0.1) is 6.61 Å². The molecule has 21 heavy (non-hydrogen) atoms. The van der Waals surface area contributed by atoms with Crippen molar-refractivity contribution in [3.05, 3.63) is 30.1 Å². The highest BCUT2D eigenvalue weighted by molar-refractivity contribution is 5.09. The van der Waals surface area contributed by atoms with Gasteiger partial charge in [0.15, 0.2) is 0 Å². The lowest BCUT2D eigenvalue weighted by Crippen LogP contribution is -2.45. The Morgan fingerprint density at radius 2 is 2.24 bits per heavy atom. The van der Waals surface area contributed by atoms with Crippen LogP contribution in [0.4, 0.5) is 0 Å². The average molecular weight is 291 g/mol. The van der Waals surface area contributed by atoms with Crippen molar-refractivity contribution in [3.8, 4) is 0 Å². The van der Waals surface area contributed by atoms with E-state index in [1.165, 1.54) is 18.4 Å². The van der Waals surface area contributed by atoms with Gasteiger partial charge in [0.2, 0.25) is 0 Å². The van der Waals surface area contributed by atoms with E-state index >= 15 is 0 Å². The lowest BCUT2D eigenvalue weighted by atomic mass is 9.98. The predicted octanol–water partition coefficient (Wildman–Crippen LogP) is 1.96. The van der Waals surface area contributed by atoms with E-state index in [1.54, 1.807) is 0 Å². The second kappa shape index (κ2) is 9.13. The van der Waals surface area contributed by atoms with Gasteiger partial charge in [0, 0.05) is 44.0 Å². The van der Waals surface area contributed by atoms with Crippen LogP contribution in [0.5, 0.6) is 0 Å². The van der Waals surface area contributed by atoms with Crippen LogP contribution in [0.15, 0.2) is 24.5 Å². The molecule has 2 heterocycles. The highest BCUT2D eigenvalue weighted by Crippen LogP contribution is 2.17. The third-order valence-electron chi connectivity index (χ3n) is 4.23. The minimum Gasteiger partial charge on any atom is -0.381 e. The fraction of sp³-hybridized carbons (Fsp3) is 0.706. The largest absolute Gasteiger partial charge is 0.381 e. The van der Waals surface area contributed by atoms with Crippen molar-refractivity contribution in [3.63, 3.8) is 0 Å². The summed E-state index contributed by atoms with van der Waals surface area (Å²) in [5, 5.41) is 3.71. The highest BCUT2D eigenvalue weighted by atomic mass is 16.5. The van der Waals surface area contributed by atoms with E-state index < -0.39 is 0 Å². The second-order valence-electron chi connectivity index (χ2n) is 6.05. The number of nitrogens with one attached hydrogen (secondary N) is 1. The fourth-order valence-corrected chi connectivity index (χ4v) is 2.88. The van der Waals surface area contributed by atoms with Crippen LogP contribution in [0, 0.1) is 5.92 Å². The van der Waals surface area contributed by atoms with Gasteiger partial charge >= 0.3 is 0 Å². The highest BCUT2D eigenvalue weighted by Gasteiger charge is 2.26. The molecule has 0 aliphatic carbocycles. The number of hydrogen-bond donors (Lipinski definition) is 1. The Kier molecular flexibility index (Phi) is 7.13. The Labute approximate surface area is 128 Å². The first-order chi connectivity index (χ1) is 10.3. The zero-order valence-corrected chi connectivity index (χ0v) is 13.4. The summed E-state index contributed by atoms with van der Waals surface area (Å²) in [6, 6.07) is 4.76. The van der Waals surface area contributed by atoms with Gasteiger partial charge in [0.1, 0.15) is 0 Å². The van der Waals surface area contributed by atoms with E-state index in [2.05, 4.69) is 41.3 Å². The van der Waals surface area contributed by atoms with Crippen LogP contribution in [0.2, 0.25) is 0 Å². The smallest absolute Gasteiger partial charge is 0.0510 e. The van der Waals surface area contributed by atoms with Crippen molar-refractivity contribution in [2.75, 3.05) is 39.9 Å². The Bertz CT molecular complexity index is 379. The lowest BCUT2D eigenvalue weighted by molar-refractivity contribution is 0.167. The van der Waals surface area contributed by atoms with E-state index in [-0.39, 0.29) is 0 Å². The molecule has 4 nitrogen and oxygen atoms in total. The molecule has 1 aliphatic heterocycles. The summed E-state index contributed by atoms with van der Waals surface area (Å²) in [5.41, 5.74) is 1.36. The van der Waals surface area contributed by atoms with Gasteiger partial charge in [-0.3, -0.25) is 4.98 Å². The molecule has 1 fully saturated rings. The van der Waals surface area contributed by atoms with Crippen molar-refractivity contribution in [1.29, 1.82) is 0 Å². The van der Waals surface area contributed by atoms with Crippen molar-refractivity contribution in [2.45, 2.75) is 32.2 Å². The monoisotopic (exact) mass is 291 g/mol. The van der Waals surface area contributed by atoms with Gasteiger partial charge in [0.25, 0.3) is 0 Å². The zero-order chi connectivity index (χ0) is 14.9. The topological polar surface area (TPSA) is 37.4 Å². The first-order valence-electron chi connectivity index (χ1n) is 8.18. The van der Waals surface area contributed by atoms with Crippen molar-refractivity contribution < 1.29 is 4.74 Å². The molecule has 118 valence electrons. The van der Waals surface area contributed by atoms with E-state index in [4.69, 9.17) is 4.74 Å². The molecular weight excluding hydrogens is 262 g/mol. The summed E-state index contributed by atoms with van der Waals surface area (Å²) in [7, 11) is 2.22. The lowest BCUT2D eigenvalue weighted by Gasteiger charge is -2.28. The second-order valence-corrected chi connectivity index (χ2v) is 6.05. The number of ether oxygens (including phenoxy) is 1. The quantitative estimate of drug-likeness (QED) is 0.755. The molecule has 4 heteroatoms. The van der Waals surface area contributed by atoms with E-state index in [9.17, 15) is 0 Å². The third kappa shape index (κ3) is 5.73.